The zero-order chi connectivity index (χ0) is 22.7. The molecule has 2 saturated heterocycles. The SMILES string of the molecule is CC(=O)O[C@@H]1CN(Cc2ccccc2)C[C@@H]1N1CCN(S(=O)(=O)c2ccccc2Br)CC1. The molecule has 9 heteroatoms. The number of esters is 1. The Balaban J connectivity index is 1.42. The standard InChI is InChI=1S/C23H28BrN3O4S/c1-18(28)31-22-17-25(15-19-7-3-2-4-8-19)16-21(22)26-11-13-27(14-12-26)32(29,30)23-10-6-5-9-20(23)24/h2-10,21-22H,11-17H2,1H3/t21-,22+/m0/s1. The van der Waals surface area contributed by atoms with Crippen molar-refractivity contribution in [1.82, 2.24) is 14.1 Å². The van der Waals surface area contributed by atoms with Crippen LogP contribution in [0.15, 0.2) is 64.0 Å². The first-order chi connectivity index (χ1) is 15.3. The molecule has 0 bridgehead atoms. The molecule has 0 N–H and O–H groups in total. The molecule has 2 heterocycles. The molecule has 0 radical (unpaired) electrons. The summed E-state index contributed by atoms with van der Waals surface area (Å²) < 4.78 is 34.0. The van der Waals surface area contributed by atoms with E-state index in [0.29, 0.717) is 42.1 Å². The molecule has 7 nitrogen and oxygen atoms in total. The highest BCUT2D eigenvalue weighted by atomic mass is 79.9. The summed E-state index contributed by atoms with van der Waals surface area (Å²) in [7, 11) is -3.56. The van der Waals surface area contributed by atoms with Crippen LogP contribution in [0.25, 0.3) is 0 Å². The Bertz CT molecular complexity index is 1040. The van der Waals surface area contributed by atoms with Crippen molar-refractivity contribution in [2.24, 2.45) is 0 Å². The van der Waals surface area contributed by atoms with Crippen molar-refractivity contribution in [3.05, 3.63) is 64.6 Å². The van der Waals surface area contributed by atoms with E-state index in [2.05, 4.69) is 37.9 Å². The molecular formula is C23H28BrN3O4S. The number of hydrogen-bond donors (Lipinski definition) is 0. The highest BCUT2D eigenvalue weighted by molar-refractivity contribution is 9.10. The van der Waals surface area contributed by atoms with Crippen LogP contribution in [0.4, 0.5) is 0 Å². The maximum absolute atomic E-state index is 13.1. The Morgan fingerprint density at radius 3 is 2.31 bits per heavy atom. The lowest BCUT2D eigenvalue weighted by atomic mass is 10.1. The molecule has 0 aromatic heterocycles. The van der Waals surface area contributed by atoms with Gasteiger partial charge in [0.15, 0.2) is 0 Å². The number of halogens is 1. The van der Waals surface area contributed by atoms with Crippen molar-refractivity contribution in [2.75, 3.05) is 39.3 Å². The van der Waals surface area contributed by atoms with Gasteiger partial charge in [0, 0.05) is 57.2 Å². The average molecular weight is 522 g/mol. The molecule has 0 unspecified atom stereocenters. The first-order valence-electron chi connectivity index (χ1n) is 10.8. The van der Waals surface area contributed by atoms with Gasteiger partial charge in [0.05, 0.1) is 10.9 Å². The van der Waals surface area contributed by atoms with Gasteiger partial charge in [-0.25, -0.2) is 8.42 Å². The summed E-state index contributed by atoms with van der Waals surface area (Å²) in [4.78, 5) is 16.6. The van der Waals surface area contributed by atoms with E-state index in [9.17, 15) is 13.2 Å². The summed E-state index contributed by atoms with van der Waals surface area (Å²) in [6, 6.07) is 17.2. The van der Waals surface area contributed by atoms with Crippen LogP contribution in [0.5, 0.6) is 0 Å². The molecule has 2 aromatic rings. The van der Waals surface area contributed by atoms with Crippen LogP contribution in [0.1, 0.15) is 12.5 Å². The van der Waals surface area contributed by atoms with Gasteiger partial charge in [-0.3, -0.25) is 14.6 Å². The number of sulfonamides is 1. The van der Waals surface area contributed by atoms with Gasteiger partial charge in [0.1, 0.15) is 6.10 Å². The van der Waals surface area contributed by atoms with E-state index >= 15 is 0 Å². The Kier molecular flexibility index (Phi) is 7.31. The van der Waals surface area contributed by atoms with Crippen molar-refractivity contribution in [3.63, 3.8) is 0 Å². The fraction of sp³-hybridized carbons (Fsp3) is 0.435. The van der Waals surface area contributed by atoms with Crippen molar-refractivity contribution in [3.8, 4) is 0 Å². The predicted octanol–water partition coefficient (Wildman–Crippen LogP) is 2.57. The normalized spacial score (nSPS) is 23.3. The average Bonchev–Trinajstić information content (AvgIpc) is 3.16. The van der Waals surface area contributed by atoms with Gasteiger partial charge in [0.25, 0.3) is 0 Å². The zero-order valence-corrected chi connectivity index (χ0v) is 20.5. The molecule has 2 aliphatic heterocycles. The van der Waals surface area contributed by atoms with Crippen molar-refractivity contribution < 1.29 is 17.9 Å². The molecule has 172 valence electrons. The third-order valence-electron chi connectivity index (χ3n) is 6.08. The van der Waals surface area contributed by atoms with Gasteiger partial charge >= 0.3 is 5.97 Å². The van der Waals surface area contributed by atoms with Crippen LogP contribution in [0.2, 0.25) is 0 Å². The number of hydrogen-bond acceptors (Lipinski definition) is 6. The quantitative estimate of drug-likeness (QED) is 0.544. The lowest BCUT2D eigenvalue weighted by Crippen LogP contribution is -2.55. The van der Waals surface area contributed by atoms with Crippen LogP contribution in [-0.4, -0.2) is 79.9 Å². The topological polar surface area (TPSA) is 70.2 Å². The summed E-state index contributed by atoms with van der Waals surface area (Å²) in [5, 5.41) is 0. The lowest BCUT2D eigenvalue weighted by molar-refractivity contribution is -0.148. The highest BCUT2D eigenvalue weighted by Gasteiger charge is 2.41. The first-order valence-corrected chi connectivity index (χ1v) is 13.0. The molecule has 0 amide bonds. The maximum Gasteiger partial charge on any atom is 0.303 e. The minimum absolute atomic E-state index is 0.0518. The summed E-state index contributed by atoms with van der Waals surface area (Å²) in [6.07, 6.45) is -0.220. The highest BCUT2D eigenvalue weighted by Crippen LogP contribution is 2.27. The van der Waals surface area contributed by atoms with Crippen LogP contribution in [0.3, 0.4) is 0 Å². The summed E-state index contributed by atoms with van der Waals surface area (Å²) >= 11 is 3.36. The second kappa shape index (κ2) is 10.0. The number of nitrogens with zero attached hydrogens (tertiary/aromatic N) is 3. The Morgan fingerprint density at radius 2 is 1.66 bits per heavy atom. The lowest BCUT2D eigenvalue weighted by Gasteiger charge is -2.38. The fourth-order valence-corrected chi connectivity index (χ4v) is 6.94. The van der Waals surface area contributed by atoms with E-state index < -0.39 is 10.0 Å². The maximum atomic E-state index is 13.1. The number of likely N-dealkylation sites (tertiary alicyclic amines) is 1. The number of benzene rings is 2. The smallest absolute Gasteiger partial charge is 0.303 e. The van der Waals surface area contributed by atoms with Crippen LogP contribution in [-0.2, 0) is 26.1 Å². The molecule has 2 aliphatic rings. The van der Waals surface area contributed by atoms with Gasteiger partial charge in [-0.15, -0.1) is 0 Å². The molecule has 4 rings (SSSR count). The third kappa shape index (κ3) is 5.23. The number of piperazine rings is 1. The van der Waals surface area contributed by atoms with E-state index in [-0.39, 0.29) is 18.1 Å². The van der Waals surface area contributed by atoms with Gasteiger partial charge < -0.3 is 4.74 Å². The molecule has 0 spiro atoms. The van der Waals surface area contributed by atoms with Crippen molar-refractivity contribution in [1.29, 1.82) is 0 Å². The van der Waals surface area contributed by atoms with Crippen molar-refractivity contribution >= 4 is 31.9 Å². The monoisotopic (exact) mass is 521 g/mol. The first kappa shape index (κ1) is 23.4. The largest absolute Gasteiger partial charge is 0.459 e. The van der Waals surface area contributed by atoms with Crippen LogP contribution >= 0.6 is 15.9 Å². The molecule has 0 aliphatic carbocycles. The van der Waals surface area contributed by atoms with Gasteiger partial charge in [0.2, 0.25) is 10.0 Å². The molecule has 32 heavy (non-hydrogen) atoms. The predicted molar refractivity (Wildman–Crippen MR) is 126 cm³/mol. The number of carbonyl (C=O) groups excluding carboxylic acids is 1. The number of ether oxygens (including phenoxy) is 1. The van der Waals surface area contributed by atoms with E-state index in [4.69, 9.17) is 4.74 Å². The molecule has 2 atom stereocenters. The van der Waals surface area contributed by atoms with Crippen LogP contribution < -0.4 is 0 Å². The minimum atomic E-state index is -3.56. The summed E-state index contributed by atoms with van der Waals surface area (Å²) in [5.41, 5.74) is 1.22. The van der Waals surface area contributed by atoms with E-state index in [1.807, 2.05) is 18.2 Å². The van der Waals surface area contributed by atoms with Crippen LogP contribution in [0, 0.1) is 0 Å². The van der Waals surface area contributed by atoms with Gasteiger partial charge in [-0.2, -0.15) is 4.31 Å². The molecule has 2 fully saturated rings. The number of carbonyl (C=O) groups is 1. The van der Waals surface area contributed by atoms with E-state index in [1.165, 1.54) is 12.5 Å². The summed E-state index contributed by atoms with van der Waals surface area (Å²) in [6.45, 7) is 5.72. The third-order valence-corrected chi connectivity index (χ3v) is 8.99. The van der Waals surface area contributed by atoms with Crippen molar-refractivity contribution in [2.45, 2.75) is 30.5 Å². The molecule has 0 saturated carbocycles. The fourth-order valence-electron chi connectivity index (χ4n) is 4.55. The Hall–Kier alpha value is -1.78. The molecule has 2 aromatic carbocycles. The van der Waals surface area contributed by atoms with Gasteiger partial charge in [-0.05, 0) is 33.6 Å². The second-order valence-corrected chi connectivity index (χ2v) is 11.0. The van der Waals surface area contributed by atoms with E-state index in [1.54, 1.807) is 28.6 Å². The minimum Gasteiger partial charge on any atom is -0.459 e. The Morgan fingerprint density at radius 1 is 1.00 bits per heavy atom. The Labute approximate surface area is 198 Å². The zero-order valence-electron chi connectivity index (χ0n) is 18.1. The summed E-state index contributed by atoms with van der Waals surface area (Å²) in [5.74, 6) is -0.281. The second-order valence-electron chi connectivity index (χ2n) is 8.27. The van der Waals surface area contributed by atoms with E-state index in [0.717, 1.165) is 13.1 Å². The van der Waals surface area contributed by atoms with Gasteiger partial charge in [-0.1, -0.05) is 42.5 Å². The number of rotatable bonds is 6. The molecular weight excluding hydrogens is 494 g/mol.